The minimum Gasteiger partial charge on any atom is -0.493 e. The summed E-state index contributed by atoms with van der Waals surface area (Å²) in [5.41, 5.74) is 1.73. The molecule has 0 spiro atoms. The Morgan fingerprint density at radius 1 is 1.32 bits per heavy atom. The summed E-state index contributed by atoms with van der Waals surface area (Å²) in [6, 6.07) is 5.47. The number of nitrogens with one attached hydrogen (secondary N) is 1. The molecule has 0 radical (unpaired) electrons. The van der Waals surface area contributed by atoms with E-state index in [-0.39, 0.29) is 5.91 Å². The Labute approximate surface area is 133 Å². The maximum atomic E-state index is 11.8. The fourth-order valence-corrected chi connectivity index (χ4v) is 2.47. The van der Waals surface area contributed by atoms with Gasteiger partial charge < -0.3 is 14.8 Å². The quantitative estimate of drug-likeness (QED) is 0.832. The minimum absolute atomic E-state index is 0.166. The van der Waals surface area contributed by atoms with Gasteiger partial charge >= 0.3 is 0 Å². The van der Waals surface area contributed by atoms with Gasteiger partial charge in [0.15, 0.2) is 11.5 Å². The van der Waals surface area contributed by atoms with Crippen LogP contribution in [0.4, 0.5) is 0 Å². The average Bonchev–Trinajstić information content (AvgIpc) is 2.96. The van der Waals surface area contributed by atoms with Gasteiger partial charge in [-0.05, 0) is 30.7 Å². The van der Waals surface area contributed by atoms with Crippen molar-refractivity contribution in [3.05, 3.63) is 45.9 Å². The van der Waals surface area contributed by atoms with E-state index in [0.29, 0.717) is 18.0 Å². The van der Waals surface area contributed by atoms with E-state index < -0.39 is 0 Å². The number of nitrogens with zero attached hydrogens (tertiary/aromatic N) is 1. The number of hydrogen-bond donors (Lipinski definition) is 1. The molecule has 0 unspecified atom stereocenters. The molecular weight excluding hydrogens is 300 g/mol. The zero-order chi connectivity index (χ0) is 15.9. The number of aromatic nitrogens is 1. The maximum Gasteiger partial charge on any atom is 0.244 e. The van der Waals surface area contributed by atoms with Gasteiger partial charge in [0.2, 0.25) is 5.91 Å². The van der Waals surface area contributed by atoms with Gasteiger partial charge in [-0.1, -0.05) is 6.07 Å². The molecule has 1 aromatic carbocycles. The number of rotatable bonds is 6. The summed E-state index contributed by atoms with van der Waals surface area (Å²) in [4.78, 5) is 16.1. The Morgan fingerprint density at radius 3 is 2.73 bits per heavy atom. The molecule has 0 fully saturated rings. The van der Waals surface area contributed by atoms with Crippen LogP contribution in [-0.4, -0.2) is 25.1 Å². The summed E-state index contributed by atoms with van der Waals surface area (Å²) in [6.45, 7) is 2.37. The van der Waals surface area contributed by atoms with E-state index in [9.17, 15) is 4.79 Å². The predicted molar refractivity (Wildman–Crippen MR) is 87.3 cm³/mol. The number of benzene rings is 1. The Kier molecular flexibility index (Phi) is 5.55. The van der Waals surface area contributed by atoms with Crippen LogP contribution in [0, 0.1) is 6.92 Å². The molecule has 1 N–H and O–H groups in total. The van der Waals surface area contributed by atoms with Crippen LogP contribution in [-0.2, 0) is 11.3 Å². The highest BCUT2D eigenvalue weighted by molar-refractivity contribution is 7.09. The second-order valence-electron chi connectivity index (χ2n) is 4.52. The third kappa shape index (κ3) is 4.33. The maximum absolute atomic E-state index is 11.8. The highest BCUT2D eigenvalue weighted by atomic mass is 32.1. The van der Waals surface area contributed by atoms with E-state index in [2.05, 4.69) is 10.3 Å². The molecular formula is C16H18N2O3S. The molecule has 2 rings (SSSR count). The van der Waals surface area contributed by atoms with Crippen LogP contribution in [0.15, 0.2) is 29.7 Å². The first-order valence-electron chi connectivity index (χ1n) is 6.71. The lowest BCUT2D eigenvalue weighted by molar-refractivity contribution is -0.116. The number of aryl methyl sites for hydroxylation is 1. The molecule has 1 aromatic heterocycles. The molecule has 0 aliphatic rings. The summed E-state index contributed by atoms with van der Waals surface area (Å²) in [5.74, 6) is 1.12. The summed E-state index contributed by atoms with van der Waals surface area (Å²) in [5, 5.41) is 5.73. The molecule has 0 saturated heterocycles. The van der Waals surface area contributed by atoms with Crippen LogP contribution in [0.25, 0.3) is 6.08 Å². The normalized spacial score (nSPS) is 10.7. The first kappa shape index (κ1) is 16.0. The number of ether oxygens (including phenoxy) is 2. The van der Waals surface area contributed by atoms with Gasteiger partial charge in [-0.3, -0.25) is 4.79 Å². The molecule has 22 heavy (non-hydrogen) atoms. The van der Waals surface area contributed by atoms with Gasteiger partial charge in [0.1, 0.15) is 0 Å². The Bertz CT molecular complexity index is 680. The van der Waals surface area contributed by atoms with Crippen LogP contribution in [0.1, 0.15) is 16.3 Å². The molecule has 5 nitrogen and oxygen atoms in total. The summed E-state index contributed by atoms with van der Waals surface area (Å²) < 4.78 is 10.4. The van der Waals surface area contributed by atoms with Gasteiger partial charge in [0.25, 0.3) is 0 Å². The molecule has 0 saturated carbocycles. The highest BCUT2D eigenvalue weighted by Gasteiger charge is 2.04. The number of hydrogen-bond acceptors (Lipinski definition) is 5. The van der Waals surface area contributed by atoms with Gasteiger partial charge in [0.05, 0.1) is 31.5 Å². The lowest BCUT2D eigenvalue weighted by Gasteiger charge is -2.07. The van der Waals surface area contributed by atoms with Crippen molar-refractivity contribution in [1.29, 1.82) is 0 Å². The Balaban J connectivity index is 1.94. The van der Waals surface area contributed by atoms with Gasteiger partial charge in [-0.2, -0.15) is 0 Å². The summed E-state index contributed by atoms with van der Waals surface area (Å²) >= 11 is 1.57. The number of thiazole rings is 1. The van der Waals surface area contributed by atoms with Gasteiger partial charge in [-0.25, -0.2) is 4.98 Å². The van der Waals surface area contributed by atoms with E-state index in [0.717, 1.165) is 16.3 Å². The van der Waals surface area contributed by atoms with Crippen LogP contribution in [0.5, 0.6) is 11.5 Å². The molecule has 0 aliphatic heterocycles. The largest absolute Gasteiger partial charge is 0.493 e. The van der Waals surface area contributed by atoms with Crippen molar-refractivity contribution in [2.24, 2.45) is 0 Å². The van der Waals surface area contributed by atoms with E-state index in [1.165, 1.54) is 6.08 Å². The molecule has 2 aromatic rings. The second kappa shape index (κ2) is 7.61. The minimum atomic E-state index is -0.166. The molecule has 6 heteroatoms. The number of methoxy groups -OCH3 is 2. The summed E-state index contributed by atoms with van der Waals surface area (Å²) in [7, 11) is 3.16. The van der Waals surface area contributed by atoms with E-state index in [1.807, 2.05) is 24.4 Å². The standard InChI is InChI=1S/C16H18N2O3S/c1-11-18-13(10-22-11)9-17-16(19)7-5-12-4-6-14(20-2)15(8-12)21-3/h4-8,10H,9H2,1-3H3,(H,17,19)/b7-5+. The van der Waals surface area contributed by atoms with Crippen molar-refractivity contribution in [2.75, 3.05) is 14.2 Å². The predicted octanol–water partition coefficient (Wildman–Crippen LogP) is 2.80. The molecule has 1 heterocycles. The van der Waals surface area contributed by atoms with Gasteiger partial charge in [0, 0.05) is 11.5 Å². The lowest BCUT2D eigenvalue weighted by atomic mass is 10.2. The topological polar surface area (TPSA) is 60.5 Å². The van der Waals surface area contributed by atoms with Gasteiger partial charge in [-0.15, -0.1) is 11.3 Å². The van der Waals surface area contributed by atoms with Crippen molar-refractivity contribution in [2.45, 2.75) is 13.5 Å². The van der Waals surface area contributed by atoms with Crippen molar-refractivity contribution in [3.63, 3.8) is 0 Å². The van der Waals surface area contributed by atoms with Crippen molar-refractivity contribution < 1.29 is 14.3 Å². The lowest BCUT2D eigenvalue weighted by Crippen LogP contribution is -2.20. The zero-order valence-corrected chi connectivity index (χ0v) is 13.6. The van der Waals surface area contributed by atoms with E-state index in [1.54, 1.807) is 37.7 Å². The second-order valence-corrected chi connectivity index (χ2v) is 5.59. The fourth-order valence-electron chi connectivity index (χ4n) is 1.85. The van der Waals surface area contributed by atoms with Crippen molar-refractivity contribution in [3.8, 4) is 11.5 Å². The number of carbonyl (C=O) groups is 1. The molecule has 116 valence electrons. The zero-order valence-electron chi connectivity index (χ0n) is 12.8. The van der Waals surface area contributed by atoms with E-state index >= 15 is 0 Å². The van der Waals surface area contributed by atoms with Crippen LogP contribution >= 0.6 is 11.3 Å². The third-order valence-corrected chi connectivity index (χ3v) is 3.77. The first-order chi connectivity index (χ1) is 10.6. The van der Waals surface area contributed by atoms with Crippen LogP contribution in [0.2, 0.25) is 0 Å². The highest BCUT2D eigenvalue weighted by Crippen LogP contribution is 2.27. The van der Waals surface area contributed by atoms with Crippen molar-refractivity contribution in [1.82, 2.24) is 10.3 Å². The Morgan fingerprint density at radius 2 is 2.09 bits per heavy atom. The third-order valence-electron chi connectivity index (χ3n) is 2.95. The number of amides is 1. The molecule has 0 bridgehead atoms. The molecule has 0 aliphatic carbocycles. The molecule has 0 atom stereocenters. The van der Waals surface area contributed by atoms with Crippen molar-refractivity contribution >= 4 is 23.3 Å². The number of carbonyl (C=O) groups excluding carboxylic acids is 1. The average molecular weight is 318 g/mol. The molecule has 1 amide bonds. The SMILES string of the molecule is COc1ccc(/C=C/C(=O)NCc2csc(C)n2)cc1OC. The monoisotopic (exact) mass is 318 g/mol. The van der Waals surface area contributed by atoms with Crippen LogP contribution < -0.4 is 14.8 Å². The summed E-state index contributed by atoms with van der Waals surface area (Å²) in [6.07, 6.45) is 3.21. The first-order valence-corrected chi connectivity index (χ1v) is 7.59. The van der Waals surface area contributed by atoms with Crippen LogP contribution in [0.3, 0.4) is 0 Å². The fraction of sp³-hybridized carbons (Fsp3) is 0.250. The smallest absolute Gasteiger partial charge is 0.244 e. The Hall–Kier alpha value is -2.34. The van der Waals surface area contributed by atoms with E-state index in [4.69, 9.17) is 9.47 Å².